The van der Waals surface area contributed by atoms with Crippen molar-refractivity contribution in [2.75, 3.05) is 13.2 Å². The Morgan fingerprint density at radius 1 is 1.17 bits per heavy atom. The number of unbranched alkanes of at least 4 members (excludes halogenated alkanes) is 2. The van der Waals surface area contributed by atoms with Gasteiger partial charge in [-0.25, -0.2) is 0 Å². The fraction of sp³-hybridized carbons (Fsp3) is 0.625. The Morgan fingerprint density at radius 3 is 2.67 bits per heavy atom. The fourth-order valence-electron chi connectivity index (χ4n) is 2.80. The van der Waals surface area contributed by atoms with Gasteiger partial charge in [0.2, 0.25) is 0 Å². The third-order valence-corrected chi connectivity index (χ3v) is 4.03. The Bertz CT molecular complexity index is 358. The molecule has 1 aliphatic carbocycles. The standard InChI is InChI=1S/C16H25NO/c1-13-7-3-4-8-16(13)14-11-15(12-14)17-9-5-2-6-10-18/h3-4,7-8,14-15,17-18H,2,5-6,9-12H2,1H3. The summed E-state index contributed by atoms with van der Waals surface area (Å²) in [6.45, 7) is 3.65. The van der Waals surface area contributed by atoms with E-state index in [0.717, 1.165) is 25.3 Å². The molecule has 1 aliphatic rings. The number of hydrogen-bond acceptors (Lipinski definition) is 2. The molecule has 0 atom stereocenters. The van der Waals surface area contributed by atoms with Gasteiger partial charge in [0.1, 0.15) is 0 Å². The van der Waals surface area contributed by atoms with E-state index < -0.39 is 0 Å². The van der Waals surface area contributed by atoms with Crippen LogP contribution < -0.4 is 5.32 Å². The summed E-state index contributed by atoms with van der Waals surface area (Å²) in [6, 6.07) is 9.47. The number of nitrogens with one attached hydrogen (secondary N) is 1. The maximum atomic E-state index is 8.70. The smallest absolute Gasteiger partial charge is 0.0431 e. The van der Waals surface area contributed by atoms with E-state index in [4.69, 9.17) is 5.11 Å². The zero-order chi connectivity index (χ0) is 12.8. The van der Waals surface area contributed by atoms with E-state index in [2.05, 4.69) is 36.5 Å². The van der Waals surface area contributed by atoms with Crippen molar-refractivity contribution in [1.29, 1.82) is 0 Å². The van der Waals surface area contributed by atoms with Gasteiger partial charge < -0.3 is 10.4 Å². The van der Waals surface area contributed by atoms with Gasteiger partial charge in [0.15, 0.2) is 0 Å². The summed E-state index contributed by atoms with van der Waals surface area (Å²) in [4.78, 5) is 0. The summed E-state index contributed by atoms with van der Waals surface area (Å²) in [5, 5.41) is 12.3. The molecule has 0 radical (unpaired) electrons. The predicted octanol–water partition coefficient (Wildman–Crippen LogP) is 2.99. The molecule has 0 aromatic heterocycles. The largest absolute Gasteiger partial charge is 0.396 e. The highest BCUT2D eigenvalue weighted by Crippen LogP contribution is 2.38. The molecule has 1 aromatic carbocycles. The molecule has 1 saturated carbocycles. The van der Waals surface area contributed by atoms with E-state index in [-0.39, 0.29) is 0 Å². The van der Waals surface area contributed by atoms with E-state index in [9.17, 15) is 0 Å². The molecule has 1 aromatic rings. The summed E-state index contributed by atoms with van der Waals surface area (Å²) >= 11 is 0. The zero-order valence-electron chi connectivity index (χ0n) is 11.4. The average Bonchev–Trinajstić information content (AvgIpc) is 2.33. The van der Waals surface area contributed by atoms with Crippen LogP contribution in [0.3, 0.4) is 0 Å². The van der Waals surface area contributed by atoms with E-state index >= 15 is 0 Å². The summed E-state index contributed by atoms with van der Waals surface area (Å²) in [5.41, 5.74) is 2.97. The molecular formula is C16H25NO. The van der Waals surface area contributed by atoms with Gasteiger partial charge in [-0.3, -0.25) is 0 Å². The van der Waals surface area contributed by atoms with Gasteiger partial charge in [-0.1, -0.05) is 24.3 Å². The summed E-state index contributed by atoms with van der Waals surface area (Å²) in [5.74, 6) is 0.765. The molecule has 0 saturated heterocycles. The number of aliphatic hydroxyl groups is 1. The van der Waals surface area contributed by atoms with Crippen LogP contribution in [0.1, 0.15) is 49.1 Å². The molecule has 2 rings (SSSR count). The van der Waals surface area contributed by atoms with Crippen molar-refractivity contribution >= 4 is 0 Å². The predicted molar refractivity (Wildman–Crippen MR) is 75.9 cm³/mol. The first kappa shape index (κ1) is 13.6. The second-order valence-electron chi connectivity index (χ2n) is 5.46. The number of hydrogen-bond donors (Lipinski definition) is 2. The Hall–Kier alpha value is -0.860. The monoisotopic (exact) mass is 247 g/mol. The Morgan fingerprint density at radius 2 is 1.94 bits per heavy atom. The Labute approximate surface area is 110 Å². The van der Waals surface area contributed by atoms with E-state index in [1.807, 2.05) is 0 Å². The molecule has 0 unspecified atom stereocenters. The van der Waals surface area contributed by atoms with E-state index in [1.165, 1.54) is 30.4 Å². The lowest BCUT2D eigenvalue weighted by Gasteiger charge is -2.37. The highest BCUT2D eigenvalue weighted by molar-refractivity contribution is 5.31. The van der Waals surface area contributed by atoms with Crippen LogP contribution in [-0.2, 0) is 0 Å². The topological polar surface area (TPSA) is 32.3 Å². The van der Waals surface area contributed by atoms with Crippen LogP contribution in [-0.4, -0.2) is 24.3 Å². The van der Waals surface area contributed by atoms with E-state index in [1.54, 1.807) is 0 Å². The maximum Gasteiger partial charge on any atom is 0.0431 e. The van der Waals surface area contributed by atoms with Crippen molar-refractivity contribution in [3.63, 3.8) is 0 Å². The van der Waals surface area contributed by atoms with Crippen molar-refractivity contribution in [2.24, 2.45) is 0 Å². The Kier molecular flexibility index (Phi) is 5.21. The third kappa shape index (κ3) is 3.56. The van der Waals surface area contributed by atoms with Crippen LogP contribution in [0.15, 0.2) is 24.3 Å². The molecule has 0 bridgehead atoms. The first-order chi connectivity index (χ1) is 8.81. The number of rotatable bonds is 7. The minimum Gasteiger partial charge on any atom is -0.396 e. The van der Waals surface area contributed by atoms with Crippen molar-refractivity contribution in [3.05, 3.63) is 35.4 Å². The van der Waals surface area contributed by atoms with Gasteiger partial charge in [0, 0.05) is 12.6 Å². The van der Waals surface area contributed by atoms with E-state index in [0.29, 0.717) is 12.6 Å². The van der Waals surface area contributed by atoms with Crippen molar-refractivity contribution in [3.8, 4) is 0 Å². The minimum atomic E-state index is 0.332. The van der Waals surface area contributed by atoms with Crippen LogP contribution in [0.5, 0.6) is 0 Å². The van der Waals surface area contributed by atoms with Gasteiger partial charge in [0.05, 0.1) is 0 Å². The van der Waals surface area contributed by atoms with Gasteiger partial charge in [0.25, 0.3) is 0 Å². The molecule has 2 nitrogen and oxygen atoms in total. The quantitative estimate of drug-likeness (QED) is 0.726. The number of aliphatic hydroxyl groups excluding tert-OH is 1. The molecule has 18 heavy (non-hydrogen) atoms. The molecule has 2 heteroatoms. The van der Waals surface area contributed by atoms with Crippen LogP contribution in [0.2, 0.25) is 0 Å². The molecular weight excluding hydrogens is 222 g/mol. The van der Waals surface area contributed by atoms with Crippen LogP contribution in [0, 0.1) is 6.92 Å². The average molecular weight is 247 g/mol. The van der Waals surface area contributed by atoms with Gasteiger partial charge in [-0.15, -0.1) is 0 Å². The number of aryl methyl sites for hydroxylation is 1. The van der Waals surface area contributed by atoms with Gasteiger partial charge >= 0.3 is 0 Å². The molecule has 100 valence electrons. The summed E-state index contributed by atoms with van der Waals surface area (Å²) < 4.78 is 0. The van der Waals surface area contributed by atoms with Gasteiger partial charge in [-0.05, 0) is 62.6 Å². The van der Waals surface area contributed by atoms with Crippen molar-refractivity contribution in [2.45, 2.75) is 51.0 Å². The van der Waals surface area contributed by atoms with Gasteiger partial charge in [-0.2, -0.15) is 0 Å². The lowest BCUT2D eigenvalue weighted by atomic mass is 9.74. The second-order valence-corrected chi connectivity index (χ2v) is 5.46. The van der Waals surface area contributed by atoms with Crippen molar-refractivity contribution in [1.82, 2.24) is 5.32 Å². The molecule has 0 heterocycles. The highest BCUT2D eigenvalue weighted by atomic mass is 16.2. The molecule has 0 spiro atoms. The molecule has 0 aliphatic heterocycles. The first-order valence-corrected chi connectivity index (χ1v) is 7.21. The summed E-state index contributed by atoms with van der Waals surface area (Å²) in [6.07, 6.45) is 5.83. The fourth-order valence-corrected chi connectivity index (χ4v) is 2.80. The minimum absolute atomic E-state index is 0.332. The van der Waals surface area contributed by atoms with Crippen LogP contribution >= 0.6 is 0 Å². The van der Waals surface area contributed by atoms with Crippen LogP contribution in [0.25, 0.3) is 0 Å². The first-order valence-electron chi connectivity index (χ1n) is 7.21. The second kappa shape index (κ2) is 6.91. The third-order valence-electron chi connectivity index (χ3n) is 4.03. The maximum absolute atomic E-state index is 8.70. The van der Waals surface area contributed by atoms with Crippen molar-refractivity contribution < 1.29 is 5.11 Å². The molecule has 0 amide bonds. The summed E-state index contributed by atoms with van der Waals surface area (Å²) in [7, 11) is 0. The zero-order valence-corrected chi connectivity index (χ0v) is 11.4. The highest BCUT2D eigenvalue weighted by Gasteiger charge is 2.30. The lowest BCUT2D eigenvalue weighted by molar-refractivity contribution is 0.273. The Balaban J connectivity index is 1.64. The van der Waals surface area contributed by atoms with Crippen LogP contribution in [0.4, 0.5) is 0 Å². The normalized spacial score (nSPS) is 22.8. The molecule has 1 fully saturated rings. The number of benzene rings is 1. The lowest BCUT2D eigenvalue weighted by Crippen LogP contribution is -2.40. The SMILES string of the molecule is Cc1ccccc1C1CC(NCCCCCO)C1. The molecule has 2 N–H and O–H groups in total.